The molecule has 3 aromatic rings. The number of nitrogens with zero attached hydrogens (tertiary/aromatic N) is 5. The molecular formula is C23H23N6O3S-. The Balaban J connectivity index is 1.42. The maximum atomic E-state index is 11.2. The zero-order valence-electron chi connectivity index (χ0n) is 17.9. The molecule has 4 rings (SSSR count). The van der Waals surface area contributed by atoms with Gasteiger partial charge in [0.1, 0.15) is 0 Å². The molecule has 1 aromatic heterocycles. The summed E-state index contributed by atoms with van der Waals surface area (Å²) in [4.78, 5) is 11.2. The van der Waals surface area contributed by atoms with Crippen molar-refractivity contribution in [2.24, 2.45) is 0 Å². The third-order valence-electron chi connectivity index (χ3n) is 5.22. The highest BCUT2D eigenvalue weighted by molar-refractivity contribution is 7.76. The van der Waals surface area contributed by atoms with Gasteiger partial charge in [-0.05, 0) is 35.9 Å². The largest absolute Gasteiger partial charge is 0.760 e. The number of morpholine rings is 1. The number of rotatable bonds is 8. The first-order chi connectivity index (χ1) is 16.1. The van der Waals surface area contributed by atoms with Gasteiger partial charge in [-0.1, -0.05) is 24.3 Å². The van der Waals surface area contributed by atoms with Gasteiger partial charge in [0.2, 0.25) is 5.95 Å². The van der Waals surface area contributed by atoms with E-state index in [4.69, 9.17) is 10.00 Å². The second kappa shape index (κ2) is 11.0. The Bertz CT molecular complexity index is 1130. The van der Waals surface area contributed by atoms with Gasteiger partial charge in [0.25, 0.3) is 0 Å². The predicted octanol–water partition coefficient (Wildman–Crippen LogP) is 2.84. The number of hydrogen-bond donors (Lipinski definition) is 1. The van der Waals surface area contributed by atoms with Crippen LogP contribution in [-0.4, -0.2) is 55.9 Å². The van der Waals surface area contributed by atoms with Crippen LogP contribution in [0.1, 0.15) is 5.56 Å². The van der Waals surface area contributed by atoms with Crippen LogP contribution in [-0.2, 0) is 22.5 Å². The first-order valence-corrected chi connectivity index (χ1v) is 11.5. The summed E-state index contributed by atoms with van der Waals surface area (Å²) < 4.78 is 28.9. The first-order valence-electron chi connectivity index (χ1n) is 10.5. The minimum Gasteiger partial charge on any atom is -0.760 e. The highest BCUT2D eigenvalue weighted by atomic mass is 32.2. The molecule has 10 heteroatoms. The van der Waals surface area contributed by atoms with E-state index in [2.05, 4.69) is 32.3 Å². The van der Waals surface area contributed by atoms with Crippen molar-refractivity contribution < 1.29 is 13.5 Å². The zero-order chi connectivity index (χ0) is 23.0. The average molecular weight is 464 g/mol. The van der Waals surface area contributed by atoms with E-state index in [1.807, 2.05) is 48.5 Å². The van der Waals surface area contributed by atoms with Crippen LogP contribution in [0.3, 0.4) is 0 Å². The molecule has 0 spiro atoms. The quantitative estimate of drug-likeness (QED) is 0.400. The Morgan fingerprint density at radius 1 is 1.12 bits per heavy atom. The smallest absolute Gasteiger partial charge is 0.227 e. The summed E-state index contributed by atoms with van der Waals surface area (Å²) in [6, 6.07) is 19.2. The molecule has 1 fully saturated rings. The molecule has 1 aliphatic rings. The molecule has 2 heterocycles. The van der Waals surface area contributed by atoms with Crippen molar-refractivity contribution >= 4 is 28.6 Å². The van der Waals surface area contributed by atoms with E-state index in [-0.39, 0.29) is 13.1 Å². The van der Waals surface area contributed by atoms with Gasteiger partial charge in [0.15, 0.2) is 0 Å². The Morgan fingerprint density at radius 2 is 1.85 bits per heavy atom. The molecule has 1 unspecified atom stereocenters. The SMILES string of the molecule is N#CCN(Cc1ccc(-c2ccnc(Nc3ccc(N4CCOCC4)cc3)n2)cc1)S(=O)[O-]. The van der Waals surface area contributed by atoms with E-state index in [0.29, 0.717) is 5.95 Å². The second-order valence-corrected chi connectivity index (χ2v) is 8.36. The van der Waals surface area contributed by atoms with E-state index in [0.717, 1.165) is 58.8 Å². The fraction of sp³-hybridized carbons (Fsp3) is 0.261. The van der Waals surface area contributed by atoms with Crippen molar-refractivity contribution in [3.05, 3.63) is 66.4 Å². The molecule has 1 N–H and O–H groups in total. The van der Waals surface area contributed by atoms with Crippen LogP contribution in [0.2, 0.25) is 0 Å². The van der Waals surface area contributed by atoms with Crippen molar-refractivity contribution in [1.82, 2.24) is 14.3 Å². The summed E-state index contributed by atoms with van der Waals surface area (Å²) in [6.45, 7) is 3.23. The number of hydrogen-bond acceptors (Lipinski definition) is 8. The van der Waals surface area contributed by atoms with Crippen LogP contribution >= 0.6 is 0 Å². The number of anilines is 3. The van der Waals surface area contributed by atoms with Crippen LogP contribution in [0, 0.1) is 11.3 Å². The van der Waals surface area contributed by atoms with E-state index >= 15 is 0 Å². The summed E-state index contributed by atoms with van der Waals surface area (Å²) in [5.74, 6) is 0.484. The summed E-state index contributed by atoms with van der Waals surface area (Å²) in [5, 5.41) is 12.0. The first kappa shape index (κ1) is 22.8. The molecule has 0 radical (unpaired) electrons. The fourth-order valence-corrected chi connectivity index (χ4v) is 3.93. The predicted molar refractivity (Wildman–Crippen MR) is 125 cm³/mol. The molecule has 33 heavy (non-hydrogen) atoms. The van der Waals surface area contributed by atoms with Gasteiger partial charge in [0.05, 0.1) is 31.5 Å². The minimum atomic E-state index is -2.45. The lowest BCUT2D eigenvalue weighted by molar-refractivity contribution is 0.122. The lowest BCUT2D eigenvalue weighted by Crippen LogP contribution is -2.36. The Labute approximate surface area is 195 Å². The van der Waals surface area contributed by atoms with Crippen LogP contribution in [0.5, 0.6) is 0 Å². The lowest BCUT2D eigenvalue weighted by Gasteiger charge is -2.28. The Morgan fingerprint density at radius 3 is 2.52 bits per heavy atom. The number of ether oxygens (including phenoxy) is 1. The molecule has 170 valence electrons. The Hall–Kier alpha value is -3.36. The van der Waals surface area contributed by atoms with Gasteiger partial charge in [-0.3, -0.25) is 4.21 Å². The Kier molecular flexibility index (Phi) is 7.59. The van der Waals surface area contributed by atoms with Crippen LogP contribution in [0.25, 0.3) is 11.3 Å². The van der Waals surface area contributed by atoms with Gasteiger partial charge in [-0.2, -0.15) is 5.26 Å². The molecule has 1 atom stereocenters. The topological polar surface area (TPSA) is 117 Å². The second-order valence-electron chi connectivity index (χ2n) is 7.41. The van der Waals surface area contributed by atoms with Crippen molar-refractivity contribution in [2.45, 2.75) is 6.54 Å². The number of nitriles is 1. The van der Waals surface area contributed by atoms with E-state index in [9.17, 15) is 8.76 Å². The molecule has 1 aliphatic heterocycles. The zero-order valence-corrected chi connectivity index (χ0v) is 18.7. The molecule has 9 nitrogen and oxygen atoms in total. The summed E-state index contributed by atoms with van der Waals surface area (Å²) in [6.07, 6.45) is 1.69. The molecule has 0 amide bonds. The van der Waals surface area contributed by atoms with Gasteiger partial charge < -0.3 is 19.5 Å². The molecular weight excluding hydrogens is 440 g/mol. The monoisotopic (exact) mass is 463 g/mol. The van der Waals surface area contributed by atoms with Crippen LogP contribution in [0.15, 0.2) is 60.8 Å². The van der Waals surface area contributed by atoms with Gasteiger partial charge in [-0.15, -0.1) is 0 Å². The van der Waals surface area contributed by atoms with Crippen LogP contribution in [0.4, 0.5) is 17.3 Å². The third kappa shape index (κ3) is 6.12. The lowest BCUT2D eigenvalue weighted by atomic mass is 10.1. The molecule has 0 saturated carbocycles. The minimum absolute atomic E-state index is 0.140. The number of aromatic nitrogens is 2. The molecule has 0 bridgehead atoms. The number of benzene rings is 2. The average Bonchev–Trinajstić information content (AvgIpc) is 2.85. The molecule has 2 aromatic carbocycles. The normalized spacial score (nSPS) is 14.6. The summed E-state index contributed by atoms with van der Waals surface area (Å²) in [5.41, 5.74) is 4.45. The highest BCUT2D eigenvalue weighted by Crippen LogP contribution is 2.23. The van der Waals surface area contributed by atoms with Gasteiger partial charge in [0, 0.05) is 54.0 Å². The molecule has 0 aliphatic carbocycles. The van der Waals surface area contributed by atoms with Crippen molar-refractivity contribution in [1.29, 1.82) is 5.26 Å². The molecule has 1 saturated heterocycles. The van der Waals surface area contributed by atoms with Gasteiger partial charge in [-0.25, -0.2) is 14.3 Å². The van der Waals surface area contributed by atoms with Crippen molar-refractivity contribution in [3.8, 4) is 17.3 Å². The maximum Gasteiger partial charge on any atom is 0.227 e. The maximum absolute atomic E-state index is 11.2. The van der Waals surface area contributed by atoms with Crippen molar-refractivity contribution in [3.63, 3.8) is 0 Å². The van der Waals surface area contributed by atoms with Gasteiger partial charge >= 0.3 is 0 Å². The van der Waals surface area contributed by atoms with Crippen molar-refractivity contribution in [2.75, 3.05) is 43.1 Å². The van der Waals surface area contributed by atoms with E-state index in [1.165, 1.54) is 0 Å². The fourth-order valence-electron chi connectivity index (χ4n) is 3.51. The summed E-state index contributed by atoms with van der Waals surface area (Å²) >= 11 is -2.45. The van der Waals surface area contributed by atoms with E-state index in [1.54, 1.807) is 6.20 Å². The summed E-state index contributed by atoms with van der Waals surface area (Å²) in [7, 11) is 0. The highest BCUT2D eigenvalue weighted by Gasteiger charge is 2.11. The standard InChI is InChI=1S/C23H24N6O3S/c24-10-12-29(33(30)31)17-18-1-3-19(4-2-18)22-9-11-25-23(27-22)26-20-5-7-21(8-6-20)28-13-15-32-16-14-28/h1-9,11H,12-17H2,(H,30,31)(H,25,26,27)/p-1. The third-order valence-corrected chi connectivity index (χ3v) is 5.90. The number of nitrogens with one attached hydrogen (secondary N) is 1. The van der Waals surface area contributed by atoms with E-state index < -0.39 is 11.3 Å². The van der Waals surface area contributed by atoms with Crippen LogP contribution < -0.4 is 10.2 Å².